The second-order valence-corrected chi connectivity index (χ2v) is 5.45. The Morgan fingerprint density at radius 3 is 2.45 bits per heavy atom. The Hall–Kier alpha value is -1.88. The van der Waals surface area contributed by atoms with Crippen LogP contribution in [0.2, 0.25) is 0 Å². The van der Waals surface area contributed by atoms with Gasteiger partial charge in [-0.3, -0.25) is 9.59 Å². The van der Waals surface area contributed by atoms with Gasteiger partial charge in [-0.25, -0.2) is 0 Å². The van der Waals surface area contributed by atoms with Gasteiger partial charge in [-0.15, -0.1) is 0 Å². The average molecular weight is 275 g/mol. The Bertz CT molecular complexity index is 496. The van der Waals surface area contributed by atoms with Gasteiger partial charge in [-0.1, -0.05) is 13.8 Å². The molecule has 0 aliphatic carbocycles. The van der Waals surface area contributed by atoms with Gasteiger partial charge >= 0.3 is 0 Å². The maximum Gasteiger partial charge on any atom is 0.241 e. The van der Waals surface area contributed by atoms with E-state index < -0.39 is 6.04 Å². The van der Waals surface area contributed by atoms with Crippen LogP contribution in [0.1, 0.15) is 26.7 Å². The van der Waals surface area contributed by atoms with Crippen LogP contribution in [0.5, 0.6) is 0 Å². The van der Waals surface area contributed by atoms with E-state index in [4.69, 9.17) is 5.73 Å². The van der Waals surface area contributed by atoms with Crippen molar-refractivity contribution in [3.8, 4) is 0 Å². The molecule has 1 heterocycles. The van der Waals surface area contributed by atoms with Crippen molar-refractivity contribution < 1.29 is 9.59 Å². The number of nitrogens with zero attached hydrogens (tertiary/aromatic N) is 1. The molecule has 0 radical (unpaired) electrons. The monoisotopic (exact) mass is 275 g/mol. The van der Waals surface area contributed by atoms with E-state index in [0.29, 0.717) is 12.1 Å². The zero-order valence-corrected chi connectivity index (χ0v) is 11.9. The first kappa shape index (κ1) is 14.5. The molecule has 0 bridgehead atoms. The van der Waals surface area contributed by atoms with Crippen LogP contribution in [0.15, 0.2) is 24.3 Å². The highest BCUT2D eigenvalue weighted by Crippen LogP contribution is 2.23. The summed E-state index contributed by atoms with van der Waals surface area (Å²) in [5, 5.41) is 2.78. The van der Waals surface area contributed by atoms with Crippen LogP contribution >= 0.6 is 0 Å². The van der Waals surface area contributed by atoms with Crippen LogP contribution in [0.25, 0.3) is 0 Å². The second kappa shape index (κ2) is 6.05. The summed E-state index contributed by atoms with van der Waals surface area (Å²) in [5.41, 5.74) is 7.36. The highest BCUT2D eigenvalue weighted by atomic mass is 16.2. The number of carbonyl (C=O) groups excluding carboxylic acids is 2. The van der Waals surface area contributed by atoms with E-state index in [9.17, 15) is 9.59 Å². The third kappa shape index (κ3) is 3.17. The van der Waals surface area contributed by atoms with Gasteiger partial charge in [0.25, 0.3) is 0 Å². The lowest BCUT2D eigenvalue weighted by atomic mass is 10.0. The van der Waals surface area contributed by atoms with Crippen molar-refractivity contribution in [3.05, 3.63) is 24.3 Å². The zero-order valence-electron chi connectivity index (χ0n) is 11.9. The molecule has 108 valence electrons. The lowest BCUT2D eigenvalue weighted by molar-refractivity contribution is -0.118. The molecule has 3 N–H and O–H groups in total. The summed E-state index contributed by atoms with van der Waals surface area (Å²) in [6.07, 6.45) is 1.52. The number of anilines is 2. The summed E-state index contributed by atoms with van der Waals surface area (Å²) in [6, 6.07) is 6.77. The van der Waals surface area contributed by atoms with Gasteiger partial charge in [-0.05, 0) is 36.6 Å². The molecule has 5 heteroatoms. The van der Waals surface area contributed by atoms with Crippen LogP contribution in [-0.4, -0.2) is 24.4 Å². The fraction of sp³-hybridized carbons (Fsp3) is 0.467. The summed E-state index contributed by atoms with van der Waals surface area (Å²) in [6.45, 7) is 4.58. The average Bonchev–Trinajstić information content (AvgIpc) is 2.85. The smallest absolute Gasteiger partial charge is 0.241 e. The number of carbonyl (C=O) groups is 2. The number of nitrogens with one attached hydrogen (secondary N) is 1. The van der Waals surface area contributed by atoms with E-state index in [-0.39, 0.29) is 17.7 Å². The van der Waals surface area contributed by atoms with Gasteiger partial charge in [0.2, 0.25) is 11.8 Å². The Balaban J connectivity index is 2.01. The molecule has 2 amide bonds. The highest BCUT2D eigenvalue weighted by molar-refractivity contribution is 5.97. The van der Waals surface area contributed by atoms with Crippen molar-refractivity contribution in [1.82, 2.24) is 0 Å². The minimum Gasteiger partial charge on any atom is -0.325 e. The van der Waals surface area contributed by atoms with Crippen molar-refractivity contribution in [3.63, 3.8) is 0 Å². The summed E-state index contributed by atoms with van der Waals surface area (Å²) in [5.74, 6) is 0.0603. The predicted octanol–water partition coefficient (Wildman–Crippen LogP) is 1.74. The topological polar surface area (TPSA) is 75.4 Å². The normalized spacial score (nSPS) is 16.6. The number of amides is 2. The molecule has 1 aliphatic heterocycles. The minimum atomic E-state index is -0.519. The summed E-state index contributed by atoms with van der Waals surface area (Å²) in [7, 11) is 0. The standard InChI is InChI=1S/C15H21N3O2/c1-10(2)14(16)15(20)17-11-5-7-12(8-6-11)18-9-3-4-13(18)19/h5-8,10,14H,3-4,9,16H2,1-2H3,(H,17,20)/t14-/m0/s1. The molecule has 1 saturated heterocycles. The Morgan fingerprint density at radius 1 is 1.30 bits per heavy atom. The molecular weight excluding hydrogens is 254 g/mol. The van der Waals surface area contributed by atoms with Gasteiger partial charge in [0.05, 0.1) is 6.04 Å². The number of hydrogen-bond donors (Lipinski definition) is 2. The molecule has 1 aromatic carbocycles. The molecular formula is C15H21N3O2. The van der Waals surface area contributed by atoms with Crippen molar-refractivity contribution in [2.24, 2.45) is 11.7 Å². The predicted molar refractivity (Wildman–Crippen MR) is 79.5 cm³/mol. The van der Waals surface area contributed by atoms with E-state index >= 15 is 0 Å². The summed E-state index contributed by atoms with van der Waals surface area (Å²) in [4.78, 5) is 25.3. The summed E-state index contributed by atoms with van der Waals surface area (Å²) >= 11 is 0. The van der Waals surface area contributed by atoms with Crippen LogP contribution in [-0.2, 0) is 9.59 Å². The molecule has 5 nitrogen and oxygen atoms in total. The molecule has 0 unspecified atom stereocenters. The largest absolute Gasteiger partial charge is 0.325 e. The van der Waals surface area contributed by atoms with Crippen molar-refractivity contribution in [2.75, 3.05) is 16.8 Å². The van der Waals surface area contributed by atoms with E-state index in [1.807, 2.05) is 26.0 Å². The van der Waals surface area contributed by atoms with E-state index in [0.717, 1.165) is 18.7 Å². The fourth-order valence-corrected chi connectivity index (χ4v) is 2.17. The second-order valence-electron chi connectivity index (χ2n) is 5.45. The first-order valence-electron chi connectivity index (χ1n) is 6.96. The minimum absolute atomic E-state index is 0.0940. The number of hydrogen-bond acceptors (Lipinski definition) is 3. The summed E-state index contributed by atoms with van der Waals surface area (Å²) < 4.78 is 0. The number of benzene rings is 1. The van der Waals surface area contributed by atoms with Crippen molar-refractivity contribution >= 4 is 23.2 Å². The van der Waals surface area contributed by atoms with Crippen LogP contribution in [0.3, 0.4) is 0 Å². The Morgan fingerprint density at radius 2 is 1.95 bits per heavy atom. The quantitative estimate of drug-likeness (QED) is 0.878. The van der Waals surface area contributed by atoms with E-state index in [2.05, 4.69) is 5.32 Å². The van der Waals surface area contributed by atoms with E-state index in [1.165, 1.54) is 0 Å². The fourth-order valence-electron chi connectivity index (χ4n) is 2.17. The molecule has 1 aliphatic rings. The maximum absolute atomic E-state index is 11.8. The molecule has 1 fully saturated rings. The van der Waals surface area contributed by atoms with Gasteiger partial charge in [0.15, 0.2) is 0 Å². The zero-order chi connectivity index (χ0) is 14.7. The Kier molecular flexibility index (Phi) is 4.39. The number of nitrogens with two attached hydrogens (primary N) is 1. The molecule has 0 saturated carbocycles. The molecule has 0 aromatic heterocycles. The third-order valence-electron chi connectivity index (χ3n) is 3.54. The SMILES string of the molecule is CC(C)[C@H](N)C(=O)Nc1ccc(N2CCCC2=O)cc1. The lowest BCUT2D eigenvalue weighted by Crippen LogP contribution is -2.39. The highest BCUT2D eigenvalue weighted by Gasteiger charge is 2.21. The first-order chi connectivity index (χ1) is 9.49. The van der Waals surface area contributed by atoms with Crippen LogP contribution in [0, 0.1) is 5.92 Å². The van der Waals surface area contributed by atoms with Gasteiger partial charge < -0.3 is 16.0 Å². The lowest BCUT2D eigenvalue weighted by Gasteiger charge is -2.17. The Labute approximate surface area is 119 Å². The van der Waals surface area contributed by atoms with Gasteiger partial charge in [0, 0.05) is 24.3 Å². The van der Waals surface area contributed by atoms with Crippen molar-refractivity contribution in [2.45, 2.75) is 32.7 Å². The molecule has 0 spiro atoms. The van der Waals surface area contributed by atoms with Crippen molar-refractivity contribution in [1.29, 1.82) is 0 Å². The van der Waals surface area contributed by atoms with Crippen LogP contribution in [0.4, 0.5) is 11.4 Å². The molecule has 1 aromatic rings. The van der Waals surface area contributed by atoms with Gasteiger partial charge in [-0.2, -0.15) is 0 Å². The maximum atomic E-state index is 11.8. The number of rotatable bonds is 4. The van der Waals surface area contributed by atoms with Crippen LogP contribution < -0.4 is 16.0 Å². The van der Waals surface area contributed by atoms with E-state index in [1.54, 1.807) is 17.0 Å². The molecule has 2 rings (SSSR count). The molecule has 20 heavy (non-hydrogen) atoms. The molecule has 1 atom stereocenters. The first-order valence-corrected chi connectivity index (χ1v) is 6.96. The third-order valence-corrected chi connectivity index (χ3v) is 3.54. The van der Waals surface area contributed by atoms with Gasteiger partial charge in [0.1, 0.15) is 0 Å².